The van der Waals surface area contributed by atoms with E-state index in [9.17, 15) is 4.79 Å². The van der Waals surface area contributed by atoms with E-state index in [1.807, 2.05) is 97.5 Å². The Balaban J connectivity index is 1.66. The predicted octanol–water partition coefficient (Wildman–Crippen LogP) is 4.91. The van der Waals surface area contributed by atoms with Gasteiger partial charge in [-0.2, -0.15) is 10.2 Å². The molecule has 0 aliphatic heterocycles. The minimum atomic E-state index is 0.0479. The maximum absolute atomic E-state index is 13.4. The van der Waals surface area contributed by atoms with E-state index >= 15 is 0 Å². The molecule has 0 aliphatic carbocycles. The van der Waals surface area contributed by atoms with E-state index in [-0.39, 0.29) is 18.4 Å². The molecule has 0 atom stereocenters. The number of benzene rings is 2. The van der Waals surface area contributed by atoms with Crippen LogP contribution in [0.1, 0.15) is 25.0 Å². The molecular weight excluding hydrogens is 422 g/mol. The molecule has 0 fully saturated rings. The lowest BCUT2D eigenvalue weighted by Gasteiger charge is -2.26. The standard InChI is InChI=1S/C25H26ClN5O/c1-18(2)30(16-19-14-27-29(3)15-19)24(32)13-21-17-31(23-7-5-4-6-8-23)28-25(21)20-9-11-22(26)12-10-20/h4-12,14-15,17-18H,13,16H2,1-3H3. The molecule has 0 bridgehead atoms. The molecule has 2 heterocycles. The average molecular weight is 448 g/mol. The summed E-state index contributed by atoms with van der Waals surface area (Å²) >= 11 is 6.09. The summed E-state index contributed by atoms with van der Waals surface area (Å²) in [7, 11) is 1.88. The fraction of sp³-hybridized carbons (Fsp3) is 0.240. The Morgan fingerprint density at radius 1 is 1.06 bits per heavy atom. The number of carbonyl (C=O) groups is 1. The van der Waals surface area contributed by atoms with Gasteiger partial charge < -0.3 is 4.90 Å². The van der Waals surface area contributed by atoms with Gasteiger partial charge in [0.1, 0.15) is 0 Å². The number of halogens is 1. The van der Waals surface area contributed by atoms with Gasteiger partial charge in [0, 0.05) is 53.7 Å². The van der Waals surface area contributed by atoms with E-state index in [2.05, 4.69) is 5.10 Å². The van der Waals surface area contributed by atoms with Gasteiger partial charge in [0.2, 0.25) is 5.91 Å². The van der Waals surface area contributed by atoms with Crippen LogP contribution in [-0.4, -0.2) is 36.4 Å². The van der Waals surface area contributed by atoms with Gasteiger partial charge >= 0.3 is 0 Å². The molecule has 164 valence electrons. The zero-order valence-corrected chi connectivity index (χ0v) is 19.2. The first kappa shape index (κ1) is 21.8. The molecule has 0 aliphatic rings. The van der Waals surface area contributed by atoms with Crippen molar-refractivity contribution < 1.29 is 4.79 Å². The van der Waals surface area contributed by atoms with E-state index in [1.165, 1.54) is 0 Å². The van der Waals surface area contributed by atoms with Crippen LogP contribution in [0.5, 0.6) is 0 Å². The largest absolute Gasteiger partial charge is 0.336 e. The third-order valence-corrected chi connectivity index (χ3v) is 5.58. The van der Waals surface area contributed by atoms with Crippen LogP contribution in [0.4, 0.5) is 0 Å². The summed E-state index contributed by atoms with van der Waals surface area (Å²) in [5.41, 5.74) is 4.53. The zero-order valence-electron chi connectivity index (χ0n) is 18.4. The van der Waals surface area contributed by atoms with Gasteiger partial charge in [-0.25, -0.2) is 4.68 Å². The molecule has 0 saturated carbocycles. The number of carbonyl (C=O) groups excluding carboxylic acids is 1. The molecule has 2 aromatic carbocycles. The van der Waals surface area contributed by atoms with Crippen molar-refractivity contribution >= 4 is 17.5 Å². The van der Waals surface area contributed by atoms with Crippen LogP contribution in [0.25, 0.3) is 16.9 Å². The highest BCUT2D eigenvalue weighted by Crippen LogP contribution is 2.26. The minimum Gasteiger partial charge on any atom is -0.336 e. The number of aromatic nitrogens is 4. The van der Waals surface area contributed by atoms with Crippen molar-refractivity contribution in [1.29, 1.82) is 0 Å². The Hall–Kier alpha value is -3.38. The van der Waals surface area contributed by atoms with Crippen LogP contribution in [0.3, 0.4) is 0 Å². The summed E-state index contributed by atoms with van der Waals surface area (Å²) in [6.07, 6.45) is 5.94. The van der Waals surface area contributed by atoms with Crippen LogP contribution < -0.4 is 0 Å². The van der Waals surface area contributed by atoms with E-state index in [0.29, 0.717) is 11.6 Å². The third kappa shape index (κ3) is 4.92. The number of rotatable bonds is 7. The average Bonchev–Trinajstić information content (AvgIpc) is 3.39. The molecule has 0 saturated heterocycles. The predicted molar refractivity (Wildman–Crippen MR) is 127 cm³/mol. The van der Waals surface area contributed by atoms with Crippen LogP contribution in [0.2, 0.25) is 5.02 Å². The lowest BCUT2D eigenvalue weighted by molar-refractivity contribution is -0.132. The van der Waals surface area contributed by atoms with E-state index in [0.717, 1.165) is 28.1 Å². The number of para-hydroxylation sites is 1. The molecule has 0 spiro atoms. The Morgan fingerprint density at radius 2 is 1.78 bits per heavy atom. The lowest BCUT2D eigenvalue weighted by Crippen LogP contribution is -2.37. The highest BCUT2D eigenvalue weighted by Gasteiger charge is 2.22. The lowest BCUT2D eigenvalue weighted by atomic mass is 10.0. The number of amides is 1. The van der Waals surface area contributed by atoms with E-state index in [1.54, 1.807) is 10.9 Å². The van der Waals surface area contributed by atoms with Crippen molar-refractivity contribution in [3.63, 3.8) is 0 Å². The first-order valence-electron chi connectivity index (χ1n) is 10.6. The monoisotopic (exact) mass is 447 g/mol. The fourth-order valence-electron chi connectivity index (χ4n) is 3.68. The van der Waals surface area contributed by atoms with Crippen LogP contribution in [0, 0.1) is 0 Å². The Kier molecular flexibility index (Phi) is 6.42. The number of nitrogens with zero attached hydrogens (tertiary/aromatic N) is 5. The van der Waals surface area contributed by atoms with Crippen molar-refractivity contribution in [1.82, 2.24) is 24.5 Å². The topological polar surface area (TPSA) is 56.0 Å². The smallest absolute Gasteiger partial charge is 0.227 e. The van der Waals surface area contributed by atoms with Gasteiger partial charge in [-0.15, -0.1) is 0 Å². The maximum Gasteiger partial charge on any atom is 0.227 e. The highest BCUT2D eigenvalue weighted by molar-refractivity contribution is 6.30. The summed E-state index contributed by atoms with van der Waals surface area (Å²) in [5.74, 6) is 0.0479. The second-order valence-corrected chi connectivity index (χ2v) is 8.54. The number of hydrogen-bond donors (Lipinski definition) is 0. The Bertz CT molecular complexity index is 1190. The molecule has 0 radical (unpaired) electrons. The van der Waals surface area contributed by atoms with Crippen LogP contribution >= 0.6 is 11.6 Å². The van der Waals surface area contributed by atoms with E-state index in [4.69, 9.17) is 16.7 Å². The van der Waals surface area contributed by atoms with Gasteiger partial charge in [-0.1, -0.05) is 41.9 Å². The van der Waals surface area contributed by atoms with Crippen molar-refractivity contribution in [2.24, 2.45) is 7.05 Å². The second-order valence-electron chi connectivity index (χ2n) is 8.10. The number of hydrogen-bond acceptors (Lipinski definition) is 3. The summed E-state index contributed by atoms with van der Waals surface area (Å²) in [6.45, 7) is 4.58. The molecule has 4 aromatic rings. The quantitative estimate of drug-likeness (QED) is 0.404. The molecule has 6 nitrogen and oxygen atoms in total. The van der Waals surface area contributed by atoms with Gasteiger partial charge in [-0.3, -0.25) is 9.48 Å². The first-order chi connectivity index (χ1) is 15.4. The molecular formula is C25H26ClN5O. The first-order valence-corrected chi connectivity index (χ1v) is 11.0. The second kappa shape index (κ2) is 9.40. The zero-order chi connectivity index (χ0) is 22.7. The molecule has 2 aromatic heterocycles. The van der Waals surface area contributed by atoms with Crippen molar-refractivity contribution in [3.05, 3.63) is 89.3 Å². The summed E-state index contributed by atoms with van der Waals surface area (Å²) < 4.78 is 3.58. The van der Waals surface area contributed by atoms with Crippen LogP contribution in [0.15, 0.2) is 73.2 Å². The van der Waals surface area contributed by atoms with Gasteiger partial charge in [-0.05, 0) is 38.1 Å². The molecule has 32 heavy (non-hydrogen) atoms. The normalized spacial score (nSPS) is 11.2. The van der Waals surface area contributed by atoms with Gasteiger partial charge in [0.15, 0.2) is 0 Å². The fourth-order valence-corrected chi connectivity index (χ4v) is 3.80. The highest BCUT2D eigenvalue weighted by atomic mass is 35.5. The Labute approximate surface area is 193 Å². The molecule has 1 amide bonds. The molecule has 0 unspecified atom stereocenters. The van der Waals surface area contributed by atoms with Crippen molar-refractivity contribution in [3.8, 4) is 16.9 Å². The van der Waals surface area contributed by atoms with E-state index < -0.39 is 0 Å². The summed E-state index contributed by atoms with van der Waals surface area (Å²) in [4.78, 5) is 15.3. The summed E-state index contributed by atoms with van der Waals surface area (Å²) in [5, 5.41) is 9.70. The maximum atomic E-state index is 13.4. The van der Waals surface area contributed by atoms with Gasteiger partial charge in [0.05, 0.1) is 24.0 Å². The molecule has 7 heteroatoms. The molecule has 4 rings (SSSR count). The molecule has 0 N–H and O–H groups in total. The van der Waals surface area contributed by atoms with Gasteiger partial charge in [0.25, 0.3) is 0 Å². The minimum absolute atomic E-state index is 0.0479. The number of aryl methyl sites for hydroxylation is 1. The van der Waals surface area contributed by atoms with Crippen LogP contribution in [-0.2, 0) is 24.8 Å². The van der Waals surface area contributed by atoms with Crippen molar-refractivity contribution in [2.45, 2.75) is 32.9 Å². The Morgan fingerprint density at radius 3 is 2.41 bits per heavy atom. The summed E-state index contributed by atoms with van der Waals surface area (Å²) in [6, 6.07) is 17.5. The van der Waals surface area contributed by atoms with Crippen molar-refractivity contribution in [2.75, 3.05) is 0 Å². The SMILES string of the molecule is CC(C)N(Cc1cnn(C)c1)C(=O)Cc1cn(-c2ccccc2)nc1-c1ccc(Cl)cc1. The third-order valence-electron chi connectivity index (χ3n) is 5.33.